The minimum atomic E-state index is -3.39. The van der Waals surface area contributed by atoms with Crippen LogP contribution in [0.5, 0.6) is 0 Å². The molecule has 2 N–H and O–H groups in total. The van der Waals surface area contributed by atoms with E-state index < -0.39 is 10.0 Å². The molecular formula is C13H25N3O2S2. The van der Waals surface area contributed by atoms with Gasteiger partial charge in [-0.25, -0.2) is 13.1 Å². The summed E-state index contributed by atoms with van der Waals surface area (Å²) in [5.74, 6) is 0.959. The highest BCUT2D eigenvalue weighted by molar-refractivity contribution is 7.98. The lowest BCUT2D eigenvalue weighted by molar-refractivity contribution is 0.571. The van der Waals surface area contributed by atoms with Gasteiger partial charge in [0.25, 0.3) is 0 Å². The summed E-state index contributed by atoms with van der Waals surface area (Å²) in [5.41, 5.74) is 0.961. The second kappa shape index (κ2) is 8.07. The predicted molar refractivity (Wildman–Crippen MR) is 85.6 cm³/mol. The Labute approximate surface area is 126 Å². The minimum absolute atomic E-state index is 0.338. The monoisotopic (exact) mass is 319 g/mol. The normalized spacial score (nSPS) is 12.2. The zero-order chi connectivity index (χ0) is 15.2. The molecule has 0 aliphatic rings. The van der Waals surface area contributed by atoms with Gasteiger partial charge in [-0.1, -0.05) is 13.8 Å². The fraction of sp³-hybridized carbons (Fsp3) is 0.692. The van der Waals surface area contributed by atoms with E-state index in [4.69, 9.17) is 0 Å². The number of aryl methyl sites for hydroxylation is 1. The van der Waals surface area contributed by atoms with Gasteiger partial charge in [0, 0.05) is 38.1 Å². The SMILES string of the molecule is CSCCCNS(=O)(=O)c1cc(CNC(C)C)n(C)c1. The van der Waals surface area contributed by atoms with Crippen molar-refractivity contribution in [2.24, 2.45) is 7.05 Å². The van der Waals surface area contributed by atoms with Crippen molar-refractivity contribution in [1.82, 2.24) is 14.6 Å². The van der Waals surface area contributed by atoms with Gasteiger partial charge in [-0.15, -0.1) is 0 Å². The molecule has 20 heavy (non-hydrogen) atoms. The van der Waals surface area contributed by atoms with E-state index in [1.165, 1.54) is 0 Å². The zero-order valence-electron chi connectivity index (χ0n) is 12.6. The maximum absolute atomic E-state index is 12.1. The molecule has 1 aromatic heterocycles. The number of thioether (sulfide) groups is 1. The van der Waals surface area contributed by atoms with Crippen LogP contribution in [0.3, 0.4) is 0 Å². The highest BCUT2D eigenvalue weighted by Gasteiger charge is 2.16. The smallest absolute Gasteiger partial charge is 0.242 e. The molecule has 0 saturated heterocycles. The number of sulfonamides is 1. The van der Waals surface area contributed by atoms with Crippen LogP contribution in [0, 0.1) is 0 Å². The number of nitrogens with one attached hydrogen (secondary N) is 2. The molecule has 1 heterocycles. The molecule has 1 rings (SSSR count). The molecule has 0 amide bonds. The summed E-state index contributed by atoms with van der Waals surface area (Å²) in [6, 6.07) is 2.10. The van der Waals surface area contributed by atoms with E-state index >= 15 is 0 Å². The van der Waals surface area contributed by atoms with Crippen LogP contribution >= 0.6 is 11.8 Å². The van der Waals surface area contributed by atoms with Crippen molar-refractivity contribution in [1.29, 1.82) is 0 Å². The molecule has 1 aromatic rings. The van der Waals surface area contributed by atoms with Crippen LogP contribution in [-0.4, -0.2) is 37.6 Å². The number of hydrogen-bond donors (Lipinski definition) is 2. The van der Waals surface area contributed by atoms with Gasteiger partial charge in [-0.2, -0.15) is 11.8 Å². The molecule has 0 radical (unpaired) electrons. The van der Waals surface area contributed by atoms with E-state index in [0.29, 0.717) is 24.0 Å². The van der Waals surface area contributed by atoms with Crippen LogP contribution in [0.4, 0.5) is 0 Å². The van der Waals surface area contributed by atoms with Crippen LogP contribution in [0.2, 0.25) is 0 Å². The van der Waals surface area contributed by atoms with Crippen LogP contribution in [0.25, 0.3) is 0 Å². The van der Waals surface area contributed by atoms with E-state index in [2.05, 4.69) is 23.9 Å². The predicted octanol–water partition coefficient (Wildman–Crippen LogP) is 1.55. The van der Waals surface area contributed by atoms with Gasteiger partial charge in [-0.05, 0) is 24.5 Å². The minimum Gasteiger partial charge on any atom is -0.352 e. The molecule has 0 bridgehead atoms. The first-order valence-corrected chi connectivity index (χ1v) is 9.61. The summed E-state index contributed by atoms with van der Waals surface area (Å²) in [4.78, 5) is 0.338. The molecule has 0 fully saturated rings. The molecule has 0 aromatic carbocycles. The van der Waals surface area contributed by atoms with E-state index in [1.54, 1.807) is 24.0 Å². The van der Waals surface area contributed by atoms with E-state index in [-0.39, 0.29) is 0 Å². The number of rotatable bonds is 9. The average Bonchev–Trinajstić information content (AvgIpc) is 2.74. The van der Waals surface area contributed by atoms with Crippen molar-refractivity contribution in [3.05, 3.63) is 18.0 Å². The molecule has 0 aliphatic heterocycles. The van der Waals surface area contributed by atoms with Crippen LogP contribution in [-0.2, 0) is 23.6 Å². The Bertz CT molecular complexity index is 510. The highest BCUT2D eigenvalue weighted by Crippen LogP contribution is 2.13. The summed E-state index contributed by atoms with van der Waals surface area (Å²) in [6.07, 6.45) is 4.52. The Kier molecular flexibility index (Phi) is 7.08. The van der Waals surface area contributed by atoms with Gasteiger partial charge >= 0.3 is 0 Å². The zero-order valence-corrected chi connectivity index (χ0v) is 14.3. The standard InChI is InChI=1S/C13H25N3O2S2/c1-11(2)14-9-12-8-13(10-16(12)3)20(17,18)15-6-5-7-19-4/h8,10-11,14-15H,5-7,9H2,1-4H3. The largest absolute Gasteiger partial charge is 0.352 e. The van der Waals surface area contributed by atoms with E-state index in [0.717, 1.165) is 17.9 Å². The number of hydrogen-bond acceptors (Lipinski definition) is 4. The van der Waals surface area contributed by atoms with Crippen LogP contribution in [0.15, 0.2) is 17.2 Å². The average molecular weight is 319 g/mol. The van der Waals surface area contributed by atoms with Crippen LogP contribution < -0.4 is 10.0 Å². The van der Waals surface area contributed by atoms with Crippen molar-refractivity contribution in [2.45, 2.75) is 37.8 Å². The third kappa shape index (κ3) is 5.47. The Morgan fingerprint density at radius 1 is 1.40 bits per heavy atom. The van der Waals surface area contributed by atoms with Gasteiger partial charge in [0.2, 0.25) is 10.0 Å². The van der Waals surface area contributed by atoms with Crippen molar-refractivity contribution in [2.75, 3.05) is 18.6 Å². The summed E-state index contributed by atoms with van der Waals surface area (Å²) in [5, 5.41) is 3.29. The Hall–Kier alpha value is -0.500. The topological polar surface area (TPSA) is 63.1 Å². The first-order valence-electron chi connectivity index (χ1n) is 6.74. The Morgan fingerprint density at radius 3 is 2.70 bits per heavy atom. The van der Waals surface area contributed by atoms with Crippen LogP contribution in [0.1, 0.15) is 26.0 Å². The van der Waals surface area contributed by atoms with Crippen molar-refractivity contribution in [3.8, 4) is 0 Å². The van der Waals surface area contributed by atoms with Gasteiger partial charge in [0.05, 0.1) is 4.90 Å². The molecule has 0 atom stereocenters. The molecule has 116 valence electrons. The van der Waals surface area contributed by atoms with Crippen molar-refractivity contribution < 1.29 is 8.42 Å². The first kappa shape index (κ1) is 17.6. The maximum Gasteiger partial charge on any atom is 0.242 e. The second-order valence-electron chi connectivity index (χ2n) is 5.06. The summed E-state index contributed by atoms with van der Waals surface area (Å²) < 4.78 is 28.8. The fourth-order valence-corrected chi connectivity index (χ4v) is 3.32. The lowest BCUT2D eigenvalue weighted by atomic mass is 10.3. The highest BCUT2D eigenvalue weighted by atomic mass is 32.2. The van der Waals surface area contributed by atoms with E-state index in [1.807, 2.05) is 17.9 Å². The molecule has 0 unspecified atom stereocenters. The summed E-state index contributed by atoms with van der Waals surface area (Å²) in [6.45, 7) is 5.27. The lowest BCUT2D eigenvalue weighted by Gasteiger charge is -2.08. The maximum atomic E-state index is 12.1. The number of aromatic nitrogens is 1. The second-order valence-corrected chi connectivity index (χ2v) is 7.81. The fourth-order valence-electron chi connectivity index (χ4n) is 1.71. The molecular weight excluding hydrogens is 294 g/mol. The van der Waals surface area contributed by atoms with Gasteiger partial charge < -0.3 is 9.88 Å². The third-order valence-corrected chi connectivity index (χ3v) is 5.03. The quantitative estimate of drug-likeness (QED) is 0.678. The van der Waals surface area contributed by atoms with Gasteiger partial charge in [0.15, 0.2) is 0 Å². The summed E-state index contributed by atoms with van der Waals surface area (Å²) >= 11 is 1.72. The lowest BCUT2D eigenvalue weighted by Crippen LogP contribution is -2.25. The summed E-state index contributed by atoms with van der Waals surface area (Å²) in [7, 11) is -1.52. The third-order valence-electron chi connectivity index (χ3n) is 2.90. The molecule has 0 saturated carbocycles. The van der Waals surface area contributed by atoms with Gasteiger partial charge in [0.1, 0.15) is 0 Å². The number of nitrogens with zero attached hydrogens (tertiary/aromatic N) is 1. The first-order chi connectivity index (χ1) is 9.36. The van der Waals surface area contributed by atoms with E-state index in [9.17, 15) is 8.42 Å². The Balaban J connectivity index is 2.68. The molecule has 5 nitrogen and oxygen atoms in total. The van der Waals surface area contributed by atoms with Gasteiger partial charge in [-0.3, -0.25) is 0 Å². The van der Waals surface area contributed by atoms with Crippen molar-refractivity contribution in [3.63, 3.8) is 0 Å². The Morgan fingerprint density at radius 2 is 2.10 bits per heavy atom. The molecule has 0 aliphatic carbocycles. The molecule has 7 heteroatoms. The van der Waals surface area contributed by atoms with Crippen molar-refractivity contribution >= 4 is 21.8 Å². The molecule has 0 spiro atoms.